The molecule has 112 valence electrons. The van der Waals surface area contributed by atoms with Gasteiger partial charge in [0.15, 0.2) is 6.29 Å². The summed E-state index contributed by atoms with van der Waals surface area (Å²) < 4.78 is 1.43. The zero-order chi connectivity index (χ0) is 15.6. The number of carbonyl (C=O) groups is 1. The smallest absolute Gasteiger partial charge is 0.270 e. The monoisotopic (exact) mass is 288 g/mol. The first-order chi connectivity index (χ1) is 10.0. The number of nitrogens with zero attached hydrogens (tertiary/aromatic N) is 4. The summed E-state index contributed by atoms with van der Waals surface area (Å²) >= 11 is 0. The van der Waals surface area contributed by atoms with Crippen LogP contribution in [0.5, 0.6) is 0 Å². The Morgan fingerprint density at radius 3 is 2.38 bits per heavy atom. The lowest BCUT2D eigenvalue weighted by molar-refractivity contribution is 0.112. The molecule has 1 aromatic rings. The van der Waals surface area contributed by atoms with Crippen molar-refractivity contribution in [1.82, 2.24) is 9.47 Å². The number of likely N-dealkylation sites (N-methyl/N-ethyl adjacent to an activating group) is 1. The van der Waals surface area contributed by atoms with E-state index in [1.165, 1.54) is 4.57 Å². The quantitative estimate of drug-likeness (QED) is 0.758. The number of piperazine rings is 1. The van der Waals surface area contributed by atoms with E-state index in [9.17, 15) is 9.59 Å². The molecule has 1 aromatic heterocycles. The van der Waals surface area contributed by atoms with Crippen LogP contribution in [0.2, 0.25) is 0 Å². The predicted molar refractivity (Wildman–Crippen MR) is 80.8 cm³/mol. The Balaban J connectivity index is 2.52. The number of rotatable bonds is 3. The van der Waals surface area contributed by atoms with Gasteiger partial charge in [0.2, 0.25) is 0 Å². The van der Waals surface area contributed by atoms with Crippen molar-refractivity contribution in [3.8, 4) is 6.07 Å². The third kappa shape index (κ3) is 2.57. The number of carbonyl (C=O) groups excluding carboxylic acids is 1. The molecule has 2 heterocycles. The van der Waals surface area contributed by atoms with Crippen LogP contribution < -0.4 is 10.5 Å². The van der Waals surface area contributed by atoms with Gasteiger partial charge in [0.05, 0.1) is 5.56 Å². The fraction of sp³-hybridized carbons (Fsp3) is 0.533. The fourth-order valence-corrected chi connectivity index (χ4v) is 2.84. The van der Waals surface area contributed by atoms with Crippen LogP contribution >= 0.6 is 0 Å². The van der Waals surface area contributed by atoms with Gasteiger partial charge in [-0.05, 0) is 19.0 Å². The Hall–Kier alpha value is -2.13. The molecule has 0 unspecified atom stereocenters. The molecular formula is C15H20N4O2. The number of nitriles is 1. The standard InChI is InChI=1S/C15H20N4O2/c1-4-18-5-7-19(8-6-18)14-13(10-20)11(2)12(9-16)15(21)17(14)3/h10H,4-8H2,1-3H3. The predicted octanol–water partition coefficient (Wildman–Crippen LogP) is 0.520. The van der Waals surface area contributed by atoms with E-state index in [0.29, 0.717) is 16.9 Å². The van der Waals surface area contributed by atoms with Crippen LogP contribution in [0.25, 0.3) is 0 Å². The van der Waals surface area contributed by atoms with Crippen molar-refractivity contribution in [2.75, 3.05) is 37.6 Å². The van der Waals surface area contributed by atoms with Gasteiger partial charge in [-0.25, -0.2) is 0 Å². The molecule has 21 heavy (non-hydrogen) atoms. The molecule has 1 saturated heterocycles. The first-order valence-corrected chi connectivity index (χ1v) is 7.11. The van der Waals surface area contributed by atoms with Crippen molar-refractivity contribution in [3.05, 3.63) is 27.0 Å². The number of pyridine rings is 1. The Morgan fingerprint density at radius 1 is 1.29 bits per heavy atom. The molecule has 0 spiro atoms. The summed E-state index contributed by atoms with van der Waals surface area (Å²) in [5, 5.41) is 9.11. The minimum Gasteiger partial charge on any atom is -0.355 e. The average Bonchev–Trinajstić information content (AvgIpc) is 2.51. The van der Waals surface area contributed by atoms with Crippen LogP contribution in [-0.2, 0) is 7.05 Å². The van der Waals surface area contributed by atoms with E-state index in [4.69, 9.17) is 5.26 Å². The highest BCUT2D eigenvalue weighted by molar-refractivity contribution is 5.86. The van der Waals surface area contributed by atoms with Crippen molar-refractivity contribution in [1.29, 1.82) is 5.26 Å². The largest absolute Gasteiger partial charge is 0.355 e. The summed E-state index contributed by atoms with van der Waals surface area (Å²) in [7, 11) is 1.62. The van der Waals surface area contributed by atoms with Gasteiger partial charge >= 0.3 is 0 Å². The van der Waals surface area contributed by atoms with E-state index in [2.05, 4.69) is 16.7 Å². The Labute approximate surface area is 124 Å². The van der Waals surface area contributed by atoms with Gasteiger partial charge in [0.25, 0.3) is 5.56 Å². The molecule has 0 aromatic carbocycles. The minimum atomic E-state index is -0.339. The van der Waals surface area contributed by atoms with Crippen molar-refractivity contribution >= 4 is 12.1 Å². The van der Waals surface area contributed by atoms with E-state index >= 15 is 0 Å². The maximum absolute atomic E-state index is 12.3. The minimum absolute atomic E-state index is 0.0514. The molecule has 0 N–H and O–H groups in total. The Bertz CT molecular complexity index is 649. The fourth-order valence-electron chi connectivity index (χ4n) is 2.84. The molecule has 0 radical (unpaired) electrons. The van der Waals surface area contributed by atoms with E-state index in [-0.39, 0.29) is 11.1 Å². The molecule has 0 bridgehead atoms. The van der Waals surface area contributed by atoms with Gasteiger partial charge in [-0.3, -0.25) is 14.2 Å². The van der Waals surface area contributed by atoms with Gasteiger partial charge in [-0.1, -0.05) is 6.92 Å². The van der Waals surface area contributed by atoms with Gasteiger partial charge in [0.1, 0.15) is 17.5 Å². The van der Waals surface area contributed by atoms with Crippen LogP contribution in [-0.4, -0.2) is 48.5 Å². The molecule has 0 saturated carbocycles. The number of aromatic nitrogens is 1. The van der Waals surface area contributed by atoms with Crippen LogP contribution in [0, 0.1) is 18.3 Å². The first-order valence-electron chi connectivity index (χ1n) is 7.11. The summed E-state index contributed by atoms with van der Waals surface area (Å²) in [6, 6.07) is 1.91. The summed E-state index contributed by atoms with van der Waals surface area (Å²) in [5.41, 5.74) is 0.631. The lowest BCUT2D eigenvalue weighted by Crippen LogP contribution is -2.48. The summed E-state index contributed by atoms with van der Waals surface area (Å²) in [4.78, 5) is 28.1. The second-order valence-corrected chi connectivity index (χ2v) is 5.25. The van der Waals surface area contributed by atoms with Gasteiger partial charge in [-0.2, -0.15) is 5.26 Å². The highest BCUT2D eigenvalue weighted by Crippen LogP contribution is 2.23. The molecule has 0 aliphatic carbocycles. The molecule has 1 fully saturated rings. The highest BCUT2D eigenvalue weighted by Gasteiger charge is 2.24. The SMILES string of the molecule is CCN1CCN(c2c(C=O)c(C)c(C#N)c(=O)n2C)CC1. The molecule has 0 atom stereocenters. The third-order valence-corrected chi connectivity index (χ3v) is 4.20. The molecule has 1 aliphatic rings. The summed E-state index contributed by atoms with van der Waals surface area (Å²) in [6.07, 6.45) is 0.747. The second kappa shape index (κ2) is 6.10. The lowest BCUT2D eigenvalue weighted by Gasteiger charge is -2.37. The number of anilines is 1. The Morgan fingerprint density at radius 2 is 1.90 bits per heavy atom. The average molecular weight is 288 g/mol. The number of aldehydes is 1. The summed E-state index contributed by atoms with van der Waals surface area (Å²) in [5.74, 6) is 0.627. The number of hydrogen-bond donors (Lipinski definition) is 0. The van der Waals surface area contributed by atoms with Crippen molar-refractivity contribution in [3.63, 3.8) is 0 Å². The molecule has 1 aliphatic heterocycles. The van der Waals surface area contributed by atoms with Crippen molar-refractivity contribution < 1.29 is 4.79 Å². The normalized spacial score (nSPS) is 15.8. The maximum Gasteiger partial charge on any atom is 0.270 e. The summed E-state index contributed by atoms with van der Waals surface area (Å²) in [6.45, 7) is 8.13. The molecule has 6 heteroatoms. The van der Waals surface area contributed by atoms with Gasteiger partial charge in [0, 0.05) is 33.2 Å². The zero-order valence-electron chi connectivity index (χ0n) is 12.7. The van der Waals surface area contributed by atoms with Crippen LogP contribution in [0.15, 0.2) is 4.79 Å². The molecule has 6 nitrogen and oxygen atoms in total. The van der Waals surface area contributed by atoms with Crippen LogP contribution in [0.4, 0.5) is 5.82 Å². The molecule has 0 amide bonds. The third-order valence-electron chi connectivity index (χ3n) is 4.20. The topological polar surface area (TPSA) is 69.3 Å². The van der Waals surface area contributed by atoms with Gasteiger partial charge < -0.3 is 9.80 Å². The van der Waals surface area contributed by atoms with Crippen LogP contribution in [0.1, 0.15) is 28.4 Å². The molecule has 2 rings (SSSR count). The van der Waals surface area contributed by atoms with E-state index < -0.39 is 0 Å². The number of hydrogen-bond acceptors (Lipinski definition) is 5. The molecular weight excluding hydrogens is 268 g/mol. The van der Waals surface area contributed by atoms with Crippen LogP contribution in [0.3, 0.4) is 0 Å². The van der Waals surface area contributed by atoms with E-state index in [1.54, 1.807) is 14.0 Å². The Kier molecular flexibility index (Phi) is 4.43. The second-order valence-electron chi connectivity index (χ2n) is 5.25. The van der Waals surface area contributed by atoms with Crippen molar-refractivity contribution in [2.45, 2.75) is 13.8 Å². The highest BCUT2D eigenvalue weighted by atomic mass is 16.1. The van der Waals surface area contributed by atoms with Gasteiger partial charge in [-0.15, -0.1) is 0 Å². The lowest BCUT2D eigenvalue weighted by atomic mass is 10.0. The van der Waals surface area contributed by atoms with Crippen molar-refractivity contribution in [2.24, 2.45) is 7.05 Å². The van der Waals surface area contributed by atoms with E-state index in [1.807, 2.05) is 6.07 Å². The van der Waals surface area contributed by atoms with E-state index in [0.717, 1.165) is 39.0 Å². The zero-order valence-corrected chi connectivity index (χ0v) is 12.7. The maximum atomic E-state index is 12.3. The first kappa shape index (κ1) is 15.3.